The first-order valence-electron chi connectivity index (χ1n) is 6.36. The Labute approximate surface area is 102 Å². The van der Waals surface area contributed by atoms with Crippen molar-refractivity contribution in [2.24, 2.45) is 5.92 Å². The Morgan fingerprint density at radius 1 is 1.24 bits per heavy atom. The van der Waals surface area contributed by atoms with Crippen LogP contribution in [0.25, 0.3) is 0 Å². The van der Waals surface area contributed by atoms with Gasteiger partial charge < -0.3 is 4.90 Å². The van der Waals surface area contributed by atoms with E-state index < -0.39 is 0 Å². The maximum absolute atomic E-state index is 12.0. The van der Waals surface area contributed by atoms with Crippen molar-refractivity contribution < 1.29 is 4.79 Å². The second-order valence-electron chi connectivity index (χ2n) is 4.93. The first kappa shape index (κ1) is 10.6. The van der Waals surface area contributed by atoms with Gasteiger partial charge in [0.05, 0.1) is 5.92 Å². The van der Waals surface area contributed by atoms with E-state index in [-0.39, 0.29) is 5.92 Å². The first-order valence-corrected chi connectivity index (χ1v) is 6.36. The van der Waals surface area contributed by atoms with Crippen LogP contribution in [0.15, 0.2) is 42.0 Å². The standard InChI is InChI=1S/C15H17NO/c17-15-14(13-8-4-5-9-13)11-16(15)10-12-6-2-1-3-7-12/h1-3,6-8,14H,4-5,9-11H2. The van der Waals surface area contributed by atoms with Crippen LogP contribution in [0, 0.1) is 5.92 Å². The molecule has 1 atom stereocenters. The van der Waals surface area contributed by atoms with Crippen LogP contribution in [0.1, 0.15) is 24.8 Å². The number of β-lactam (4-membered cyclic amide) rings is 1. The molecule has 0 radical (unpaired) electrons. The highest BCUT2D eigenvalue weighted by molar-refractivity contribution is 5.87. The lowest BCUT2D eigenvalue weighted by Gasteiger charge is -2.39. The molecule has 0 N–H and O–H groups in total. The minimum absolute atomic E-state index is 0.209. The fourth-order valence-corrected chi connectivity index (χ4v) is 2.73. The Hall–Kier alpha value is -1.57. The van der Waals surface area contributed by atoms with Gasteiger partial charge in [0.2, 0.25) is 5.91 Å². The van der Waals surface area contributed by atoms with E-state index in [0.717, 1.165) is 25.9 Å². The van der Waals surface area contributed by atoms with E-state index >= 15 is 0 Å². The molecule has 0 spiro atoms. The van der Waals surface area contributed by atoms with Crippen LogP contribution in [-0.4, -0.2) is 17.4 Å². The zero-order valence-corrected chi connectivity index (χ0v) is 9.93. The van der Waals surface area contributed by atoms with E-state index in [1.165, 1.54) is 17.6 Å². The van der Waals surface area contributed by atoms with E-state index in [0.29, 0.717) is 5.91 Å². The lowest BCUT2D eigenvalue weighted by molar-refractivity contribution is -0.146. The molecule has 1 aliphatic carbocycles. The van der Waals surface area contributed by atoms with E-state index in [4.69, 9.17) is 0 Å². The van der Waals surface area contributed by atoms with Crippen molar-refractivity contribution in [2.45, 2.75) is 25.8 Å². The molecule has 2 aliphatic rings. The molecule has 2 heteroatoms. The largest absolute Gasteiger partial charge is 0.337 e. The number of carbonyl (C=O) groups excluding carboxylic acids is 1. The average Bonchev–Trinajstić information content (AvgIpc) is 2.88. The van der Waals surface area contributed by atoms with Crippen molar-refractivity contribution in [1.29, 1.82) is 0 Å². The van der Waals surface area contributed by atoms with Gasteiger partial charge in [-0.15, -0.1) is 0 Å². The molecule has 1 unspecified atom stereocenters. The molecule has 0 bridgehead atoms. The summed E-state index contributed by atoms with van der Waals surface area (Å²) in [5, 5.41) is 0. The van der Waals surface area contributed by atoms with E-state index in [1.807, 2.05) is 23.1 Å². The second-order valence-corrected chi connectivity index (χ2v) is 4.93. The summed E-state index contributed by atoms with van der Waals surface area (Å²) >= 11 is 0. The van der Waals surface area contributed by atoms with E-state index in [2.05, 4.69) is 18.2 Å². The second kappa shape index (κ2) is 4.36. The molecular formula is C15H17NO. The summed E-state index contributed by atoms with van der Waals surface area (Å²) in [6.07, 6.45) is 5.80. The van der Waals surface area contributed by atoms with Crippen molar-refractivity contribution in [3.63, 3.8) is 0 Å². The van der Waals surface area contributed by atoms with Crippen LogP contribution in [0.5, 0.6) is 0 Å². The number of nitrogens with zero attached hydrogens (tertiary/aromatic N) is 1. The Balaban J connectivity index is 1.60. The van der Waals surface area contributed by atoms with Crippen molar-refractivity contribution in [3.8, 4) is 0 Å². The number of hydrogen-bond acceptors (Lipinski definition) is 1. The normalized spacial score (nSPS) is 23.5. The third-order valence-electron chi connectivity index (χ3n) is 3.75. The Morgan fingerprint density at radius 2 is 2.06 bits per heavy atom. The van der Waals surface area contributed by atoms with Crippen LogP contribution >= 0.6 is 0 Å². The molecule has 3 rings (SSSR count). The SMILES string of the molecule is O=C1C(C2=CCCC2)CN1Cc1ccccc1. The minimum atomic E-state index is 0.209. The van der Waals surface area contributed by atoms with Crippen molar-refractivity contribution in [1.82, 2.24) is 4.90 Å². The number of benzene rings is 1. The van der Waals surface area contributed by atoms with Gasteiger partial charge in [-0.05, 0) is 24.8 Å². The van der Waals surface area contributed by atoms with Gasteiger partial charge in [0.15, 0.2) is 0 Å². The van der Waals surface area contributed by atoms with E-state index in [1.54, 1.807) is 0 Å². The molecule has 0 aromatic heterocycles. The highest BCUT2D eigenvalue weighted by atomic mass is 16.2. The number of carbonyl (C=O) groups is 1. The summed E-state index contributed by atoms with van der Waals surface area (Å²) in [6, 6.07) is 10.2. The molecule has 1 aromatic rings. The van der Waals surface area contributed by atoms with Crippen LogP contribution in [0.4, 0.5) is 0 Å². The summed E-state index contributed by atoms with van der Waals surface area (Å²) in [7, 11) is 0. The molecule has 1 aromatic carbocycles. The third kappa shape index (κ3) is 1.99. The lowest BCUT2D eigenvalue weighted by atomic mass is 9.89. The summed E-state index contributed by atoms with van der Waals surface area (Å²) < 4.78 is 0. The highest BCUT2D eigenvalue weighted by Gasteiger charge is 2.38. The predicted molar refractivity (Wildman–Crippen MR) is 67.3 cm³/mol. The number of likely N-dealkylation sites (tertiary alicyclic amines) is 1. The quantitative estimate of drug-likeness (QED) is 0.574. The fraction of sp³-hybridized carbons (Fsp3) is 0.400. The summed E-state index contributed by atoms with van der Waals surface area (Å²) in [6.45, 7) is 1.68. The minimum Gasteiger partial charge on any atom is -0.337 e. The van der Waals surface area contributed by atoms with Crippen LogP contribution in [-0.2, 0) is 11.3 Å². The monoisotopic (exact) mass is 227 g/mol. The van der Waals surface area contributed by atoms with Gasteiger partial charge in [-0.2, -0.15) is 0 Å². The van der Waals surface area contributed by atoms with Gasteiger partial charge in [0.1, 0.15) is 0 Å². The maximum Gasteiger partial charge on any atom is 0.231 e. The predicted octanol–water partition coefficient (Wildman–Crippen LogP) is 2.76. The molecule has 1 aliphatic heterocycles. The van der Waals surface area contributed by atoms with Crippen LogP contribution < -0.4 is 0 Å². The average molecular weight is 227 g/mol. The molecule has 88 valence electrons. The summed E-state index contributed by atoms with van der Waals surface area (Å²) in [5.74, 6) is 0.531. The topological polar surface area (TPSA) is 20.3 Å². The van der Waals surface area contributed by atoms with Crippen molar-refractivity contribution in [3.05, 3.63) is 47.5 Å². The van der Waals surface area contributed by atoms with Gasteiger partial charge in [-0.1, -0.05) is 42.0 Å². The summed E-state index contributed by atoms with van der Waals surface area (Å²) in [4.78, 5) is 14.0. The molecule has 1 saturated heterocycles. The maximum atomic E-state index is 12.0. The third-order valence-corrected chi connectivity index (χ3v) is 3.75. The first-order chi connectivity index (χ1) is 8.34. The molecule has 1 heterocycles. The van der Waals surface area contributed by atoms with Crippen LogP contribution in [0.2, 0.25) is 0 Å². The fourth-order valence-electron chi connectivity index (χ4n) is 2.73. The van der Waals surface area contributed by atoms with Crippen LogP contribution in [0.3, 0.4) is 0 Å². The zero-order chi connectivity index (χ0) is 11.7. The number of hydrogen-bond donors (Lipinski definition) is 0. The molecule has 0 saturated carbocycles. The molecule has 2 nitrogen and oxygen atoms in total. The number of rotatable bonds is 3. The number of allylic oxidation sites excluding steroid dienone is 1. The van der Waals surface area contributed by atoms with Gasteiger partial charge in [0.25, 0.3) is 0 Å². The molecular weight excluding hydrogens is 210 g/mol. The van der Waals surface area contributed by atoms with Gasteiger partial charge in [0, 0.05) is 13.1 Å². The van der Waals surface area contributed by atoms with Gasteiger partial charge in [-0.25, -0.2) is 0 Å². The van der Waals surface area contributed by atoms with E-state index in [9.17, 15) is 4.79 Å². The Morgan fingerprint density at radius 3 is 2.71 bits per heavy atom. The summed E-state index contributed by atoms with van der Waals surface area (Å²) in [5.41, 5.74) is 2.61. The smallest absolute Gasteiger partial charge is 0.231 e. The molecule has 1 fully saturated rings. The van der Waals surface area contributed by atoms with Gasteiger partial charge in [-0.3, -0.25) is 4.79 Å². The Bertz CT molecular complexity index is 449. The van der Waals surface area contributed by atoms with Crippen molar-refractivity contribution in [2.75, 3.05) is 6.54 Å². The molecule has 1 amide bonds. The Kier molecular flexibility index (Phi) is 2.71. The molecule has 17 heavy (non-hydrogen) atoms. The van der Waals surface area contributed by atoms with Gasteiger partial charge >= 0.3 is 0 Å². The lowest BCUT2D eigenvalue weighted by Crippen LogP contribution is -2.52. The number of amides is 1. The zero-order valence-electron chi connectivity index (χ0n) is 9.93. The van der Waals surface area contributed by atoms with Crippen molar-refractivity contribution >= 4 is 5.91 Å². The highest BCUT2D eigenvalue weighted by Crippen LogP contribution is 2.33.